The Kier molecular flexibility index (Phi) is 5.98. The van der Waals surface area contributed by atoms with Crippen molar-refractivity contribution in [3.63, 3.8) is 0 Å². The van der Waals surface area contributed by atoms with Crippen molar-refractivity contribution in [2.75, 3.05) is 0 Å². The molecule has 1 atom stereocenters. The first-order chi connectivity index (χ1) is 12.9. The van der Waals surface area contributed by atoms with E-state index in [1.807, 2.05) is 17.5 Å². The number of hydrogen-bond donors (Lipinski definition) is 1. The maximum Gasteiger partial charge on any atom is 0.351 e. The van der Waals surface area contributed by atoms with Gasteiger partial charge in [-0.05, 0) is 49.6 Å². The molecule has 8 heteroatoms. The van der Waals surface area contributed by atoms with Crippen LogP contribution in [-0.4, -0.2) is 23.0 Å². The fourth-order valence-corrected chi connectivity index (χ4v) is 3.90. The highest BCUT2D eigenvalue weighted by molar-refractivity contribution is 7.17. The molecular formula is C19H17FN2O3S2. The van der Waals surface area contributed by atoms with Gasteiger partial charge in [-0.3, -0.25) is 4.79 Å². The Labute approximate surface area is 163 Å². The molecule has 3 aromatic rings. The normalized spacial score (nSPS) is 11.8. The Morgan fingerprint density at radius 1 is 1.26 bits per heavy atom. The van der Waals surface area contributed by atoms with Gasteiger partial charge in [0.05, 0.1) is 12.2 Å². The number of benzene rings is 1. The van der Waals surface area contributed by atoms with Gasteiger partial charge in [0.1, 0.15) is 15.7 Å². The quantitative estimate of drug-likeness (QED) is 0.626. The number of rotatable bonds is 6. The highest BCUT2D eigenvalue weighted by Gasteiger charge is 2.23. The van der Waals surface area contributed by atoms with Crippen LogP contribution in [0.2, 0.25) is 0 Å². The predicted octanol–water partition coefficient (Wildman–Crippen LogP) is 4.18. The molecule has 5 nitrogen and oxygen atoms in total. The summed E-state index contributed by atoms with van der Waals surface area (Å²) < 4.78 is 18.3. The second-order valence-corrected chi connectivity index (χ2v) is 7.82. The van der Waals surface area contributed by atoms with Crippen molar-refractivity contribution in [3.8, 4) is 10.6 Å². The first kappa shape index (κ1) is 19.2. The zero-order valence-electron chi connectivity index (χ0n) is 14.7. The molecule has 2 heterocycles. The third-order valence-corrected chi connectivity index (χ3v) is 5.81. The molecule has 0 fully saturated rings. The zero-order chi connectivity index (χ0) is 19.4. The van der Waals surface area contributed by atoms with Gasteiger partial charge in [-0.1, -0.05) is 6.07 Å². The van der Waals surface area contributed by atoms with Crippen LogP contribution in [0.4, 0.5) is 4.39 Å². The average molecular weight is 404 g/mol. The summed E-state index contributed by atoms with van der Waals surface area (Å²) in [5.41, 5.74) is 1.22. The third kappa shape index (κ3) is 4.78. The Morgan fingerprint density at radius 2 is 2.00 bits per heavy atom. The summed E-state index contributed by atoms with van der Waals surface area (Å²) in [5, 5.41) is 5.26. The SMILES string of the molecule is Cc1nc(-c2ccc(F)cc2)sc1C(=O)O[C@@H](C)C(=O)NCc1cccs1. The van der Waals surface area contributed by atoms with E-state index >= 15 is 0 Å². The molecule has 0 aliphatic heterocycles. The van der Waals surface area contributed by atoms with Gasteiger partial charge < -0.3 is 10.1 Å². The number of esters is 1. The summed E-state index contributed by atoms with van der Waals surface area (Å²) in [4.78, 5) is 30.2. The maximum absolute atomic E-state index is 13.1. The maximum atomic E-state index is 13.1. The summed E-state index contributed by atoms with van der Waals surface area (Å²) >= 11 is 2.69. The van der Waals surface area contributed by atoms with E-state index in [1.54, 1.807) is 19.1 Å². The van der Waals surface area contributed by atoms with Crippen LogP contribution in [0, 0.1) is 12.7 Å². The molecule has 0 bridgehead atoms. The molecule has 1 amide bonds. The minimum atomic E-state index is -0.923. The first-order valence-corrected chi connectivity index (χ1v) is 9.88. The molecule has 1 aromatic carbocycles. The van der Waals surface area contributed by atoms with E-state index in [1.165, 1.54) is 30.4 Å². The van der Waals surface area contributed by atoms with E-state index in [0.29, 0.717) is 27.7 Å². The van der Waals surface area contributed by atoms with Crippen molar-refractivity contribution >= 4 is 34.6 Å². The fourth-order valence-electron chi connectivity index (χ4n) is 2.30. The van der Waals surface area contributed by atoms with Crippen LogP contribution in [0.15, 0.2) is 41.8 Å². The molecule has 27 heavy (non-hydrogen) atoms. The third-order valence-electron chi connectivity index (χ3n) is 3.74. The average Bonchev–Trinajstić information content (AvgIpc) is 3.29. The number of ether oxygens (including phenoxy) is 1. The van der Waals surface area contributed by atoms with Crippen molar-refractivity contribution in [2.45, 2.75) is 26.5 Å². The van der Waals surface area contributed by atoms with Gasteiger partial charge in [0.2, 0.25) is 0 Å². The van der Waals surface area contributed by atoms with Gasteiger partial charge in [0.25, 0.3) is 5.91 Å². The van der Waals surface area contributed by atoms with Gasteiger partial charge in [-0.2, -0.15) is 0 Å². The standard InChI is InChI=1S/C19H17FN2O3S2/c1-11-16(27-18(22-11)13-5-7-14(20)8-6-13)19(24)25-12(2)17(23)21-10-15-4-3-9-26-15/h3-9,12H,10H2,1-2H3,(H,21,23)/t12-/m0/s1. The lowest BCUT2D eigenvalue weighted by Gasteiger charge is -2.12. The molecule has 0 radical (unpaired) electrons. The molecule has 0 aliphatic rings. The van der Waals surface area contributed by atoms with Crippen LogP contribution in [0.5, 0.6) is 0 Å². The number of aryl methyl sites for hydroxylation is 1. The number of thiazole rings is 1. The number of aromatic nitrogens is 1. The molecule has 1 N–H and O–H groups in total. The summed E-state index contributed by atoms with van der Waals surface area (Å²) in [5.74, 6) is -1.30. The highest BCUT2D eigenvalue weighted by Crippen LogP contribution is 2.28. The van der Waals surface area contributed by atoms with Crippen LogP contribution in [-0.2, 0) is 16.1 Å². The lowest BCUT2D eigenvalue weighted by atomic mass is 10.2. The molecule has 0 saturated carbocycles. The molecule has 2 aromatic heterocycles. The van der Waals surface area contributed by atoms with Gasteiger partial charge in [-0.25, -0.2) is 14.2 Å². The monoisotopic (exact) mass is 404 g/mol. The first-order valence-electron chi connectivity index (χ1n) is 8.18. The van der Waals surface area contributed by atoms with Crippen molar-refractivity contribution in [2.24, 2.45) is 0 Å². The Bertz CT molecular complexity index is 937. The summed E-state index contributed by atoms with van der Waals surface area (Å²) in [6.07, 6.45) is -0.923. The van der Waals surface area contributed by atoms with Crippen LogP contribution in [0.25, 0.3) is 10.6 Å². The Morgan fingerprint density at radius 3 is 2.67 bits per heavy atom. The number of halogens is 1. The van der Waals surface area contributed by atoms with Crippen molar-refractivity contribution in [1.29, 1.82) is 0 Å². The highest BCUT2D eigenvalue weighted by atomic mass is 32.1. The number of hydrogen-bond acceptors (Lipinski definition) is 6. The number of thiophene rings is 1. The second-order valence-electron chi connectivity index (χ2n) is 5.79. The van der Waals surface area contributed by atoms with Gasteiger partial charge in [0.15, 0.2) is 6.10 Å². The van der Waals surface area contributed by atoms with E-state index in [4.69, 9.17) is 4.74 Å². The molecule has 0 aliphatic carbocycles. The molecule has 140 valence electrons. The number of amides is 1. The number of nitrogens with one attached hydrogen (secondary N) is 1. The van der Waals surface area contributed by atoms with Crippen molar-refractivity contribution < 1.29 is 18.7 Å². The summed E-state index contributed by atoms with van der Waals surface area (Å²) in [6.45, 7) is 3.62. The summed E-state index contributed by atoms with van der Waals surface area (Å²) in [7, 11) is 0. The number of carbonyl (C=O) groups excluding carboxylic acids is 2. The van der Waals surface area contributed by atoms with E-state index in [9.17, 15) is 14.0 Å². The molecule has 0 unspecified atom stereocenters. The topological polar surface area (TPSA) is 68.3 Å². The summed E-state index contributed by atoms with van der Waals surface area (Å²) in [6, 6.07) is 9.70. The predicted molar refractivity (Wildman–Crippen MR) is 103 cm³/mol. The number of carbonyl (C=O) groups is 2. The van der Waals surface area contributed by atoms with Crippen LogP contribution in [0.1, 0.15) is 27.2 Å². The molecule has 0 spiro atoms. The molecule has 3 rings (SSSR count). The van der Waals surface area contributed by atoms with Crippen LogP contribution in [0.3, 0.4) is 0 Å². The fraction of sp³-hybridized carbons (Fsp3) is 0.211. The zero-order valence-corrected chi connectivity index (χ0v) is 16.3. The van der Waals surface area contributed by atoms with Gasteiger partial charge >= 0.3 is 5.97 Å². The second kappa shape index (κ2) is 8.41. The van der Waals surface area contributed by atoms with E-state index in [-0.39, 0.29) is 11.7 Å². The Hall–Kier alpha value is -2.58. The lowest BCUT2D eigenvalue weighted by Crippen LogP contribution is -2.35. The van der Waals surface area contributed by atoms with Gasteiger partial charge in [-0.15, -0.1) is 22.7 Å². The largest absolute Gasteiger partial charge is 0.448 e. The van der Waals surface area contributed by atoms with E-state index in [0.717, 1.165) is 16.2 Å². The lowest BCUT2D eigenvalue weighted by molar-refractivity contribution is -0.129. The van der Waals surface area contributed by atoms with Crippen LogP contribution >= 0.6 is 22.7 Å². The van der Waals surface area contributed by atoms with E-state index in [2.05, 4.69) is 10.3 Å². The molecule has 0 saturated heterocycles. The number of nitrogens with zero attached hydrogens (tertiary/aromatic N) is 1. The van der Waals surface area contributed by atoms with Gasteiger partial charge in [0, 0.05) is 10.4 Å². The van der Waals surface area contributed by atoms with E-state index < -0.39 is 12.1 Å². The molecular weight excluding hydrogens is 387 g/mol. The van der Waals surface area contributed by atoms with Crippen molar-refractivity contribution in [3.05, 3.63) is 63.0 Å². The van der Waals surface area contributed by atoms with Crippen LogP contribution < -0.4 is 5.32 Å². The smallest absolute Gasteiger partial charge is 0.351 e. The Balaban J connectivity index is 1.63. The minimum Gasteiger partial charge on any atom is -0.448 e. The minimum absolute atomic E-state index is 0.326. The van der Waals surface area contributed by atoms with Crippen molar-refractivity contribution in [1.82, 2.24) is 10.3 Å².